The van der Waals surface area contributed by atoms with Crippen molar-refractivity contribution in [3.05, 3.63) is 40.2 Å². The van der Waals surface area contributed by atoms with Crippen molar-refractivity contribution in [3.8, 4) is 5.69 Å². The third kappa shape index (κ3) is 2.70. The fourth-order valence-electron chi connectivity index (χ4n) is 3.25. The Kier molecular flexibility index (Phi) is 4.27. The van der Waals surface area contributed by atoms with Crippen molar-refractivity contribution in [2.45, 2.75) is 51.5 Å². The van der Waals surface area contributed by atoms with Crippen LogP contribution in [-0.2, 0) is 6.54 Å². The maximum Gasteiger partial charge on any atom is 0.100 e. The van der Waals surface area contributed by atoms with Gasteiger partial charge < -0.3 is 5.73 Å². The molecule has 1 aromatic heterocycles. The molecule has 0 unspecified atom stereocenters. The molecule has 1 fully saturated rings. The molecule has 21 heavy (non-hydrogen) atoms. The fourth-order valence-corrected chi connectivity index (χ4v) is 3.42. The highest BCUT2D eigenvalue weighted by molar-refractivity contribution is 6.31. The van der Waals surface area contributed by atoms with Gasteiger partial charge in [0.25, 0.3) is 0 Å². The molecule has 5 heteroatoms. The first-order valence-corrected chi connectivity index (χ1v) is 8.00. The van der Waals surface area contributed by atoms with Gasteiger partial charge in [-0.2, -0.15) is 0 Å². The molecule has 2 N–H and O–H groups in total. The van der Waals surface area contributed by atoms with Gasteiger partial charge in [-0.25, -0.2) is 4.68 Å². The largest absolute Gasteiger partial charge is 0.325 e. The van der Waals surface area contributed by atoms with E-state index in [4.69, 9.17) is 17.3 Å². The Labute approximate surface area is 130 Å². The van der Waals surface area contributed by atoms with Crippen LogP contribution in [0.4, 0.5) is 0 Å². The third-order valence-electron chi connectivity index (χ3n) is 4.43. The van der Waals surface area contributed by atoms with Crippen LogP contribution in [0, 0.1) is 6.92 Å². The lowest BCUT2D eigenvalue weighted by Gasteiger charge is -2.23. The molecule has 0 spiro atoms. The zero-order chi connectivity index (χ0) is 14.8. The summed E-state index contributed by atoms with van der Waals surface area (Å²) in [6, 6.07) is 5.91. The van der Waals surface area contributed by atoms with E-state index < -0.39 is 0 Å². The van der Waals surface area contributed by atoms with Crippen LogP contribution in [0.3, 0.4) is 0 Å². The van der Waals surface area contributed by atoms with Crippen LogP contribution in [0.5, 0.6) is 0 Å². The highest BCUT2D eigenvalue weighted by Crippen LogP contribution is 2.35. The van der Waals surface area contributed by atoms with Crippen LogP contribution in [0.2, 0.25) is 5.02 Å². The number of benzene rings is 1. The first kappa shape index (κ1) is 14.5. The standard InChI is InChI=1S/C16H21ClN4/c1-11-13(17)8-5-9-15(11)21-16(14(10-18)19-20-21)12-6-3-2-4-7-12/h5,8-9,12H,2-4,6-7,10,18H2,1H3. The lowest BCUT2D eigenvalue weighted by molar-refractivity contribution is 0.427. The fraction of sp³-hybridized carbons (Fsp3) is 0.500. The zero-order valence-corrected chi connectivity index (χ0v) is 13.1. The Hall–Kier alpha value is -1.39. The maximum absolute atomic E-state index is 6.26. The van der Waals surface area contributed by atoms with Crippen molar-refractivity contribution in [1.29, 1.82) is 0 Å². The molecule has 112 valence electrons. The minimum Gasteiger partial charge on any atom is -0.325 e. The Balaban J connectivity index is 2.10. The van der Waals surface area contributed by atoms with Crippen molar-refractivity contribution in [2.24, 2.45) is 5.73 Å². The SMILES string of the molecule is Cc1c(Cl)cccc1-n1nnc(CN)c1C1CCCCC1. The second kappa shape index (κ2) is 6.16. The molecule has 1 aliphatic carbocycles. The average molecular weight is 305 g/mol. The number of hydrogen-bond acceptors (Lipinski definition) is 3. The van der Waals surface area contributed by atoms with E-state index in [1.807, 2.05) is 29.8 Å². The van der Waals surface area contributed by atoms with Gasteiger partial charge in [0.15, 0.2) is 0 Å². The number of rotatable bonds is 3. The van der Waals surface area contributed by atoms with Gasteiger partial charge in [0, 0.05) is 17.5 Å². The average Bonchev–Trinajstić information content (AvgIpc) is 2.94. The molecule has 1 aliphatic rings. The second-order valence-corrected chi connectivity index (χ2v) is 6.16. The van der Waals surface area contributed by atoms with E-state index in [0.717, 1.165) is 22.0 Å². The number of aromatic nitrogens is 3. The van der Waals surface area contributed by atoms with Crippen LogP contribution in [0.25, 0.3) is 5.69 Å². The third-order valence-corrected chi connectivity index (χ3v) is 4.84. The Morgan fingerprint density at radius 1 is 1.29 bits per heavy atom. The minimum absolute atomic E-state index is 0.436. The molecule has 2 aromatic rings. The molecule has 1 saturated carbocycles. The summed E-state index contributed by atoms with van der Waals surface area (Å²) in [7, 11) is 0. The minimum atomic E-state index is 0.436. The highest BCUT2D eigenvalue weighted by atomic mass is 35.5. The highest BCUT2D eigenvalue weighted by Gasteiger charge is 2.25. The molecule has 1 aromatic carbocycles. The molecular weight excluding hydrogens is 284 g/mol. The summed E-state index contributed by atoms with van der Waals surface area (Å²) in [5, 5.41) is 9.42. The summed E-state index contributed by atoms with van der Waals surface area (Å²) >= 11 is 6.26. The molecule has 0 radical (unpaired) electrons. The summed E-state index contributed by atoms with van der Waals surface area (Å²) in [5.41, 5.74) is 10.0. The van der Waals surface area contributed by atoms with Crippen LogP contribution in [-0.4, -0.2) is 15.0 Å². The van der Waals surface area contributed by atoms with Gasteiger partial charge in [0.1, 0.15) is 5.69 Å². The molecule has 0 atom stereocenters. The van der Waals surface area contributed by atoms with Crippen molar-refractivity contribution < 1.29 is 0 Å². The van der Waals surface area contributed by atoms with Crippen LogP contribution in [0.15, 0.2) is 18.2 Å². The number of nitrogens with zero attached hydrogens (tertiary/aromatic N) is 3. The number of hydrogen-bond donors (Lipinski definition) is 1. The van der Waals surface area contributed by atoms with Crippen LogP contribution < -0.4 is 5.73 Å². The second-order valence-electron chi connectivity index (χ2n) is 5.76. The molecule has 1 heterocycles. The van der Waals surface area contributed by atoms with Crippen molar-refractivity contribution in [1.82, 2.24) is 15.0 Å². The monoisotopic (exact) mass is 304 g/mol. The topological polar surface area (TPSA) is 56.7 Å². The summed E-state index contributed by atoms with van der Waals surface area (Å²) in [6.07, 6.45) is 6.26. The molecule has 0 saturated heterocycles. The Bertz CT molecular complexity index is 629. The quantitative estimate of drug-likeness (QED) is 0.940. The zero-order valence-electron chi connectivity index (χ0n) is 12.3. The summed E-state index contributed by atoms with van der Waals surface area (Å²) < 4.78 is 1.96. The molecule has 3 rings (SSSR count). The van der Waals surface area contributed by atoms with Gasteiger partial charge in [-0.05, 0) is 37.5 Å². The van der Waals surface area contributed by atoms with Gasteiger partial charge >= 0.3 is 0 Å². The Morgan fingerprint density at radius 3 is 2.76 bits per heavy atom. The smallest absolute Gasteiger partial charge is 0.100 e. The summed E-state index contributed by atoms with van der Waals surface area (Å²) in [4.78, 5) is 0. The number of nitrogens with two attached hydrogens (primary N) is 1. The normalized spacial score (nSPS) is 16.3. The van der Waals surface area contributed by atoms with E-state index in [1.165, 1.54) is 37.8 Å². The molecule has 4 nitrogen and oxygen atoms in total. The van der Waals surface area contributed by atoms with E-state index in [-0.39, 0.29) is 0 Å². The van der Waals surface area contributed by atoms with E-state index in [1.54, 1.807) is 0 Å². The predicted molar refractivity (Wildman–Crippen MR) is 84.8 cm³/mol. The van der Waals surface area contributed by atoms with Gasteiger partial charge in [-0.3, -0.25) is 0 Å². The van der Waals surface area contributed by atoms with E-state index in [0.29, 0.717) is 12.5 Å². The molecule has 0 aliphatic heterocycles. The van der Waals surface area contributed by atoms with E-state index >= 15 is 0 Å². The van der Waals surface area contributed by atoms with Crippen molar-refractivity contribution >= 4 is 11.6 Å². The maximum atomic E-state index is 6.26. The molecule has 0 amide bonds. The van der Waals surface area contributed by atoms with Gasteiger partial charge in [-0.15, -0.1) is 5.10 Å². The van der Waals surface area contributed by atoms with Gasteiger partial charge in [-0.1, -0.05) is 42.1 Å². The summed E-state index contributed by atoms with van der Waals surface area (Å²) in [5.74, 6) is 0.505. The Morgan fingerprint density at radius 2 is 2.05 bits per heavy atom. The molecule has 0 bridgehead atoms. The lowest BCUT2D eigenvalue weighted by Crippen LogP contribution is -2.14. The van der Waals surface area contributed by atoms with Gasteiger partial charge in [0.05, 0.1) is 11.4 Å². The van der Waals surface area contributed by atoms with Crippen LogP contribution in [0.1, 0.15) is 55.0 Å². The lowest BCUT2D eigenvalue weighted by atomic mass is 9.86. The summed E-state index contributed by atoms with van der Waals surface area (Å²) in [6.45, 7) is 2.46. The number of halogens is 1. The predicted octanol–water partition coefficient (Wildman–Crippen LogP) is 3.74. The molecular formula is C16H21ClN4. The van der Waals surface area contributed by atoms with Crippen LogP contribution >= 0.6 is 11.6 Å². The van der Waals surface area contributed by atoms with Gasteiger partial charge in [0.2, 0.25) is 0 Å². The first-order valence-electron chi connectivity index (χ1n) is 7.62. The van der Waals surface area contributed by atoms with E-state index in [9.17, 15) is 0 Å². The van der Waals surface area contributed by atoms with Crippen molar-refractivity contribution in [2.75, 3.05) is 0 Å². The first-order chi connectivity index (χ1) is 10.2. The van der Waals surface area contributed by atoms with E-state index in [2.05, 4.69) is 10.3 Å². The van der Waals surface area contributed by atoms with Crippen molar-refractivity contribution in [3.63, 3.8) is 0 Å².